The Bertz CT molecular complexity index is 317. The van der Waals surface area contributed by atoms with Gasteiger partial charge in [0.05, 0.1) is 6.54 Å². The fraction of sp³-hybridized carbons (Fsp3) is 0.800. The predicted octanol–water partition coefficient (Wildman–Crippen LogP) is 0.392. The van der Waals surface area contributed by atoms with Crippen LogP contribution in [0, 0.1) is 0 Å². The Morgan fingerprint density at radius 3 is 2.93 bits per heavy atom. The second kappa shape index (κ2) is 4.28. The highest BCUT2D eigenvalue weighted by Crippen LogP contribution is 2.19. The van der Waals surface area contributed by atoms with Crippen LogP contribution >= 0.6 is 0 Å². The van der Waals surface area contributed by atoms with E-state index in [4.69, 9.17) is 5.73 Å². The zero-order valence-electron chi connectivity index (χ0n) is 9.43. The van der Waals surface area contributed by atoms with Crippen LogP contribution in [0.1, 0.15) is 32.1 Å². The summed E-state index contributed by atoms with van der Waals surface area (Å²) in [6, 6.07) is 0.919. The maximum absolute atomic E-state index is 5.67. The lowest BCUT2D eigenvalue weighted by atomic mass is 10.0. The van der Waals surface area contributed by atoms with Crippen LogP contribution in [0.4, 0.5) is 0 Å². The van der Waals surface area contributed by atoms with E-state index < -0.39 is 0 Å². The summed E-state index contributed by atoms with van der Waals surface area (Å²) < 4.78 is 1.98. The lowest BCUT2D eigenvalue weighted by Crippen LogP contribution is -2.51. The van der Waals surface area contributed by atoms with E-state index in [2.05, 4.69) is 28.8 Å². The molecule has 2 heterocycles. The summed E-state index contributed by atoms with van der Waals surface area (Å²) in [5.41, 5.74) is 5.67. The molecule has 15 heavy (non-hydrogen) atoms. The smallest absolute Gasteiger partial charge is 0.141 e. The molecular weight excluding hydrogens is 190 g/mol. The van der Waals surface area contributed by atoms with E-state index in [1.807, 2.05) is 4.68 Å². The topological polar surface area (TPSA) is 60.0 Å². The molecule has 0 bridgehead atoms. The molecule has 5 nitrogen and oxygen atoms in total. The van der Waals surface area contributed by atoms with Gasteiger partial charge in [0.15, 0.2) is 0 Å². The number of hydrogen-bond donors (Lipinski definition) is 1. The van der Waals surface area contributed by atoms with E-state index in [9.17, 15) is 0 Å². The quantitative estimate of drug-likeness (QED) is 0.779. The fourth-order valence-corrected chi connectivity index (χ4v) is 1.97. The average Bonchev–Trinajstić information content (AvgIpc) is 2.61. The molecule has 0 spiro atoms. The minimum atomic E-state index is 0.375. The molecule has 0 aromatic carbocycles. The number of nitrogens with two attached hydrogens (primary N) is 1. The van der Waals surface area contributed by atoms with Crippen molar-refractivity contribution in [2.24, 2.45) is 5.73 Å². The maximum Gasteiger partial charge on any atom is 0.141 e. The van der Waals surface area contributed by atoms with Crippen LogP contribution in [0.25, 0.3) is 0 Å². The summed E-state index contributed by atoms with van der Waals surface area (Å²) in [6.07, 6.45) is 2.85. The predicted molar refractivity (Wildman–Crippen MR) is 58.3 cm³/mol. The Kier molecular flexibility index (Phi) is 3.02. The highest BCUT2D eigenvalue weighted by Gasteiger charge is 2.27. The summed E-state index contributed by atoms with van der Waals surface area (Å²) in [4.78, 5) is 6.66. The standard InChI is InChI=1S/C10H19N5/c1-8(2)15-10(12-7-13-15)6-14-4-3-9(14)5-11/h7-9H,3-6,11H2,1-2H3. The minimum Gasteiger partial charge on any atom is -0.329 e. The Morgan fingerprint density at radius 2 is 2.40 bits per heavy atom. The first-order valence-corrected chi connectivity index (χ1v) is 5.55. The number of rotatable bonds is 4. The molecule has 0 amide bonds. The van der Waals surface area contributed by atoms with Crippen molar-refractivity contribution in [3.05, 3.63) is 12.2 Å². The maximum atomic E-state index is 5.67. The summed E-state index contributed by atoms with van der Waals surface area (Å²) in [6.45, 7) is 6.99. The van der Waals surface area contributed by atoms with Crippen LogP contribution in [-0.2, 0) is 6.54 Å². The van der Waals surface area contributed by atoms with E-state index in [-0.39, 0.29) is 0 Å². The van der Waals surface area contributed by atoms with Crippen molar-refractivity contribution in [3.63, 3.8) is 0 Å². The molecule has 0 radical (unpaired) electrons. The van der Waals surface area contributed by atoms with Crippen molar-refractivity contribution in [2.75, 3.05) is 13.1 Å². The SMILES string of the molecule is CC(C)n1ncnc1CN1CCC1CN. The zero-order valence-corrected chi connectivity index (χ0v) is 9.43. The molecule has 1 unspecified atom stereocenters. The van der Waals surface area contributed by atoms with Gasteiger partial charge in [-0.05, 0) is 20.3 Å². The number of hydrogen-bond acceptors (Lipinski definition) is 4. The molecule has 2 rings (SSSR count). The van der Waals surface area contributed by atoms with Crippen molar-refractivity contribution in [3.8, 4) is 0 Å². The van der Waals surface area contributed by atoms with Gasteiger partial charge in [0.2, 0.25) is 0 Å². The van der Waals surface area contributed by atoms with Gasteiger partial charge >= 0.3 is 0 Å². The van der Waals surface area contributed by atoms with E-state index >= 15 is 0 Å². The van der Waals surface area contributed by atoms with Crippen molar-refractivity contribution in [1.82, 2.24) is 19.7 Å². The van der Waals surface area contributed by atoms with Gasteiger partial charge < -0.3 is 5.73 Å². The third-order valence-electron chi connectivity index (χ3n) is 3.02. The second-order valence-electron chi connectivity index (χ2n) is 4.36. The van der Waals surface area contributed by atoms with Gasteiger partial charge in [-0.25, -0.2) is 9.67 Å². The van der Waals surface area contributed by atoms with Gasteiger partial charge in [-0.15, -0.1) is 0 Å². The Labute approximate surface area is 90.3 Å². The van der Waals surface area contributed by atoms with Crippen molar-refractivity contribution >= 4 is 0 Å². The zero-order chi connectivity index (χ0) is 10.8. The highest BCUT2D eigenvalue weighted by atomic mass is 15.4. The van der Waals surface area contributed by atoms with Crippen LogP contribution in [-0.4, -0.2) is 38.8 Å². The largest absolute Gasteiger partial charge is 0.329 e. The van der Waals surface area contributed by atoms with Gasteiger partial charge in [-0.1, -0.05) is 0 Å². The molecule has 1 aromatic heterocycles. The van der Waals surface area contributed by atoms with E-state index in [0.717, 1.165) is 25.5 Å². The van der Waals surface area contributed by atoms with Crippen molar-refractivity contribution in [1.29, 1.82) is 0 Å². The van der Waals surface area contributed by atoms with Crippen LogP contribution in [0.5, 0.6) is 0 Å². The highest BCUT2D eigenvalue weighted by molar-refractivity contribution is 4.92. The minimum absolute atomic E-state index is 0.375. The molecule has 1 atom stereocenters. The summed E-state index contributed by atoms with van der Waals surface area (Å²) in [7, 11) is 0. The normalized spacial score (nSPS) is 22.0. The van der Waals surface area contributed by atoms with Gasteiger partial charge in [-0.3, -0.25) is 4.90 Å². The van der Waals surface area contributed by atoms with Gasteiger partial charge in [-0.2, -0.15) is 5.10 Å². The first-order chi connectivity index (χ1) is 7.22. The van der Waals surface area contributed by atoms with Crippen LogP contribution < -0.4 is 5.73 Å². The van der Waals surface area contributed by atoms with Crippen molar-refractivity contribution in [2.45, 2.75) is 38.9 Å². The second-order valence-corrected chi connectivity index (χ2v) is 4.36. The summed E-state index contributed by atoms with van der Waals surface area (Å²) in [5, 5.41) is 4.23. The first-order valence-electron chi connectivity index (χ1n) is 5.55. The molecule has 84 valence electrons. The molecule has 1 aliphatic heterocycles. The van der Waals surface area contributed by atoms with Crippen LogP contribution in [0.3, 0.4) is 0 Å². The van der Waals surface area contributed by atoms with Crippen LogP contribution in [0.15, 0.2) is 6.33 Å². The molecule has 0 saturated carbocycles. The van der Waals surface area contributed by atoms with Crippen LogP contribution in [0.2, 0.25) is 0 Å². The molecule has 1 aliphatic rings. The first kappa shape index (κ1) is 10.6. The average molecular weight is 209 g/mol. The lowest BCUT2D eigenvalue weighted by Gasteiger charge is -2.39. The fourth-order valence-electron chi connectivity index (χ4n) is 1.97. The Hall–Kier alpha value is -0.940. The van der Waals surface area contributed by atoms with Gasteiger partial charge in [0, 0.05) is 25.2 Å². The third kappa shape index (κ3) is 2.03. The third-order valence-corrected chi connectivity index (χ3v) is 3.02. The molecule has 1 aromatic rings. The Balaban J connectivity index is 2.01. The number of nitrogens with zero attached hydrogens (tertiary/aromatic N) is 4. The molecule has 1 fully saturated rings. The molecule has 1 saturated heterocycles. The molecule has 0 aliphatic carbocycles. The lowest BCUT2D eigenvalue weighted by molar-refractivity contribution is 0.0827. The van der Waals surface area contributed by atoms with E-state index in [0.29, 0.717) is 12.1 Å². The Morgan fingerprint density at radius 1 is 1.60 bits per heavy atom. The monoisotopic (exact) mass is 209 g/mol. The molecular formula is C10H19N5. The number of likely N-dealkylation sites (tertiary alicyclic amines) is 1. The molecule has 5 heteroatoms. The molecule has 2 N–H and O–H groups in total. The summed E-state index contributed by atoms with van der Waals surface area (Å²) in [5.74, 6) is 1.04. The van der Waals surface area contributed by atoms with Crippen molar-refractivity contribution < 1.29 is 0 Å². The van der Waals surface area contributed by atoms with E-state index in [1.165, 1.54) is 6.42 Å². The summed E-state index contributed by atoms with van der Waals surface area (Å²) >= 11 is 0. The number of aromatic nitrogens is 3. The van der Waals surface area contributed by atoms with Gasteiger partial charge in [0.25, 0.3) is 0 Å². The van der Waals surface area contributed by atoms with Gasteiger partial charge in [0.1, 0.15) is 12.2 Å². The van der Waals surface area contributed by atoms with E-state index in [1.54, 1.807) is 6.33 Å².